The fourth-order valence-corrected chi connectivity index (χ4v) is 4.16. The first-order valence-electron chi connectivity index (χ1n) is 11.2. The summed E-state index contributed by atoms with van der Waals surface area (Å²) < 4.78 is 15.6. The van der Waals surface area contributed by atoms with Gasteiger partial charge in [0.05, 0.1) is 18.8 Å². The van der Waals surface area contributed by atoms with Crippen LogP contribution in [0.3, 0.4) is 0 Å². The minimum atomic E-state index is -0.695. The van der Waals surface area contributed by atoms with E-state index in [0.717, 1.165) is 0 Å². The van der Waals surface area contributed by atoms with Gasteiger partial charge in [0.1, 0.15) is 22.1 Å². The van der Waals surface area contributed by atoms with Crippen LogP contribution in [0, 0.1) is 12.8 Å². The molecule has 0 unspecified atom stereocenters. The smallest absolute Gasteiger partial charge is 0.412 e. The number of aryl methyl sites for hydroxylation is 1. The van der Waals surface area contributed by atoms with Gasteiger partial charge in [0.2, 0.25) is 5.89 Å². The maximum absolute atomic E-state index is 13.2. The Balaban J connectivity index is 1.81. The molecule has 3 aromatic heterocycles. The molecule has 36 heavy (non-hydrogen) atoms. The van der Waals surface area contributed by atoms with Crippen LogP contribution in [0.2, 0.25) is 0 Å². The van der Waals surface area contributed by atoms with Gasteiger partial charge in [-0.25, -0.2) is 24.5 Å². The number of hydrogen-bond donors (Lipinski definition) is 2. The zero-order valence-corrected chi connectivity index (χ0v) is 22.0. The number of ether oxygens (including phenoxy) is 2. The fraction of sp³-hybridized carbons (Fsp3) is 0.417. The molecule has 0 spiro atoms. The van der Waals surface area contributed by atoms with Crippen molar-refractivity contribution in [1.29, 1.82) is 0 Å². The zero-order chi connectivity index (χ0) is 26.6. The zero-order valence-electron chi connectivity index (χ0n) is 21.2. The summed E-state index contributed by atoms with van der Waals surface area (Å²) in [5, 5.41) is 7.88. The number of oxazole rings is 1. The molecule has 3 heterocycles. The predicted molar refractivity (Wildman–Crippen MR) is 133 cm³/mol. The van der Waals surface area contributed by atoms with Crippen molar-refractivity contribution in [2.75, 3.05) is 12.4 Å². The largest absolute Gasteiger partial charge is 0.464 e. The standard InChI is InChI=1S/C24H29N5O6S/c1-12(2)16(21-26-15(11-36-21)20-29-17(13(3)34-20)22(31)33-7)28-19(30)18-14(9-8-10-25-18)27-23(32)35-24(4,5)6/h8-12,16H,1-7H3,(H,27,32)(H,28,30)/t16-/m0/s1. The van der Waals surface area contributed by atoms with E-state index in [-0.39, 0.29) is 28.9 Å². The molecule has 3 aromatic rings. The van der Waals surface area contributed by atoms with E-state index in [1.54, 1.807) is 45.2 Å². The summed E-state index contributed by atoms with van der Waals surface area (Å²) in [6, 6.07) is 2.71. The van der Waals surface area contributed by atoms with Gasteiger partial charge in [0, 0.05) is 11.6 Å². The quantitative estimate of drug-likeness (QED) is 0.425. The highest BCUT2D eigenvalue weighted by Gasteiger charge is 2.27. The molecule has 11 nitrogen and oxygen atoms in total. The number of thiazole rings is 1. The molecule has 2 amide bonds. The number of nitrogens with one attached hydrogen (secondary N) is 2. The molecule has 0 aliphatic heterocycles. The number of aromatic nitrogens is 3. The summed E-state index contributed by atoms with van der Waals surface area (Å²) in [6.07, 6.45) is 0.771. The van der Waals surface area contributed by atoms with Crippen LogP contribution in [0.5, 0.6) is 0 Å². The van der Waals surface area contributed by atoms with Crippen molar-refractivity contribution in [2.24, 2.45) is 5.92 Å². The van der Waals surface area contributed by atoms with Gasteiger partial charge in [-0.05, 0) is 45.7 Å². The Hall–Kier alpha value is -3.80. The summed E-state index contributed by atoms with van der Waals surface area (Å²) >= 11 is 1.32. The first-order chi connectivity index (χ1) is 16.9. The second-order valence-electron chi connectivity index (χ2n) is 9.21. The number of anilines is 1. The van der Waals surface area contributed by atoms with Gasteiger partial charge in [-0.15, -0.1) is 11.3 Å². The van der Waals surface area contributed by atoms with Crippen molar-refractivity contribution in [3.05, 3.63) is 45.9 Å². The van der Waals surface area contributed by atoms with Gasteiger partial charge in [-0.2, -0.15) is 0 Å². The van der Waals surface area contributed by atoms with Crippen LogP contribution in [0.15, 0.2) is 28.1 Å². The molecule has 0 fully saturated rings. The van der Waals surface area contributed by atoms with Gasteiger partial charge in [0.15, 0.2) is 11.4 Å². The molecule has 0 saturated carbocycles. The Morgan fingerprint density at radius 2 is 1.86 bits per heavy atom. The van der Waals surface area contributed by atoms with Gasteiger partial charge in [-0.1, -0.05) is 13.8 Å². The molecule has 0 aliphatic rings. The molecule has 192 valence electrons. The van der Waals surface area contributed by atoms with Crippen molar-refractivity contribution in [3.63, 3.8) is 0 Å². The Morgan fingerprint density at radius 1 is 1.14 bits per heavy atom. The molecule has 12 heteroatoms. The van der Waals surface area contributed by atoms with E-state index in [1.807, 2.05) is 13.8 Å². The van der Waals surface area contributed by atoms with E-state index < -0.39 is 29.6 Å². The predicted octanol–water partition coefficient (Wildman–Crippen LogP) is 4.76. The molecule has 0 saturated heterocycles. The van der Waals surface area contributed by atoms with Crippen LogP contribution in [0.4, 0.5) is 10.5 Å². The van der Waals surface area contributed by atoms with Crippen LogP contribution in [0.1, 0.15) is 72.4 Å². The van der Waals surface area contributed by atoms with Crippen LogP contribution >= 0.6 is 11.3 Å². The maximum atomic E-state index is 13.2. The molecular weight excluding hydrogens is 486 g/mol. The number of hydrogen-bond acceptors (Lipinski definition) is 10. The van der Waals surface area contributed by atoms with E-state index in [4.69, 9.17) is 13.9 Å². The van der Waals surface area contributed by atoms with Gasteiger partial charge in [-0.3, -0.25) is 10.1 Å². The minimum Gasteiger partial charge on any atom is -0.464 e. The number of pyridine rings is 1. The second kappa shape index (κ2) is 10.9. The number of esters is 1. The van der Waals surface area contributed by atoms with E-state index in [2.05, 4.69) is 25.6 Å². The average Bonchev–Trinajstić information content (AvgIpc) is 3.42. The highest BCUT2D eigenvalue weighted by molar-refractivity contribution is 7.10. The lowest BCUT2D eigenvalue weighted by Crippen LogP contribution is -2.33. The van der Waals surface area contributed by atoms with Crippen LogP contribution in [0.25, 0.3) is 11.6 Å². The summed E-state index contributed by atoms with van der Waals surface area (Å²) in [7, 11) is 1.27. The Morgan fingerprint density at radius 3 is 2.50 bits per heavy atom. The lowest BCUT2D eigenvalue weighted by molar-refractivity contribution is 0.0590. The third-order valence-electron chi connectivity index (χ3n) is 4.79. The molecule has 0 aliphatic carbocycles. The first-order valence-corrected chi connectivity index (χ1v) is 12.0. The normalized spacial score (nSPS) is 12.2. The van der Waals surface area contributed by atoms with Crippen molar-refractivity contribution >= 4 is 35.0 Å². The Labute approximate surface area is 212 Å². The highest BCUT2D eigenvalue weighted by Crippen LogP contribution is 2.30. The monoisotopic (exact) mass is 515 g/mol. The molecular formula is C24H29N5O6S. The van der Waals surface area contributed by atoms with E-state index in [1.165, 1.54) is 24.6 Å². The fourth-order valence-electron chi connectivity index (χ4n) is 3.14. The maximum Gasteiger partial charge on any atom is 0.412 e. The highest BCUT2D eigenvalue weighted by atomic mass is 32.1. The van der Waals surface area contributed by atoms with Crippen molar-refractivity contribution in [1.82, 2.24) is 20.3 Å². The minimum absolute atomic E-state index is 0.0316. The van der Waals surface area contributed by atoms with E-state index >= 15 is 0 Å². The topological polar surface area (TPSA) is 146 Å². The summed E-state index contributed by atoms with van der Waals surface area (Å²) in [6.45, 7) is 10.7. The van der Waals surface area contributed by atoms with Gasteiger partial charge in [0.25, 0.3) is 5.91 Å². The molecule has 2 N–H and O–H groups in total. The van der Waals surface area contributed by atoms with Crippen LogP contribution in [-0.4, -0.2) is 45.6 Å². The molecule has 0 radical (unpaired) electrons. The Kier molecular flexibility index (Phi) is 8.08. The summed E-state index contributed by atoms with van der Waals surface area (Å²) in [5.41, 5.74) is 0.0714. The van der Waals surface area contributed by atoms with Crippen LogP contribution in [-0.2, 0) is 9.47 Å². The summed E-state index contributed by atoms with van der Waals surface area (Å²) in [5.74, 6) is -0.623. The lowest BCUT2D eigenvalue weighted by Gasteiger charge is -2.22. The van der Waals surface area contributed by atoms with Crippen molar-refractivity contribution < 1.29 is 28.3 Å². The van der Waals surface area contributed by atoms with E-state index in [9.17, 15) is 14.4 Å². The Bertz CT molecular complexity index is 1260. The molecule has 0 aromatic carbocycles. The van der Waals surface area contributed by atoms with Gasteiger partial charge >= 0.3 is 12.1 Å². The number of rotatable bonds is 7. The second-order valence-corrected chi connectivity index (χ2v) is 10.1. The molecule has 0 bridgehead atoms. The average molecular weight is 516 g/mol. The number of nitrogens with zero attached hydrogens (tertiary/aromatic N) is 3. The number of methoxy groups -OCH3 is 1. The lowest BCUT2D eigenvalue weighted by atomic mass is 10.0. The van der Waals surface area contributed by atoms with E-state index in [0.29, 0.717) is 16.5 Å². The van der Waals surface area contributed by atoms with Crippen molar-refractivity contribution in [2.45, 2.75) is 53.2 Å². The molecule has 3 rings (SSSR count). The number of amides is 2. The third-order valence-corrected chi connectivity index (χ3v) is 5.72. The molecule has 1 atom stereocenters. The number of carbonyl (C=O) groups is 3. The SMILES string of the molecule is COC(=O)c1nc(-c2csc([C@@H](NC(=O)c3ncccc3NC(=O)OC(C)(C)C)C(C)C)n2)oc1C. The van der Waals surface area contributed by atoms with Crippen LogP contribution < -0.4 is 10.6 Å². The summed E-state index contributed by atoms with van der Waals surface area (Å²) in [4.78, 5) is 50.2. The van der Waals surface area contributed by atoms with Gasteiger partial charge < -0.3 is 19.2 Å². The first kappa shape index (κ1) is 26.8. The third kappa shape index (κ3) is 6.45. The number of carbonyl (C=O) groups excluding carboxylic acids is 3. The van der Waals surface area contributed by atoms with Crippen molar-refractivity contribution in [3.8, 4) is 11.6 Å².